The molecule has 0 radical (unpaired) electrons. The van der Waals surface area contributed by atoms with E-state index in [2.05, 4.69) is 30.5 Å². The number of carbonyl (C=O) groups excluding carboxylic acids is 1. The number of rotatable bonds is 6. The second kappa shape index (κ2) is 9.15. The molecule has 0 bridgehead atoms. The fourth-order valence-corrected chi connectivity index (χ4v) is 4.15. The zero-order chi connectivity index (χ0) is 25.4. The summed E-state index contributed by atoms with van der Waals surface area (Å²) in [6.45, 7) is 1.80. The molecule has 1 amide bonds. The van der Waals surface area contributed by atoms with E-state index < -0.39 is 0 Å². The molecule has 0 spiro atoms. The normalized spacial score (nSPS) is 11.2. The monoisotopic (exact) mass is 490 g/mol. The maximum atomic E-state index is 11.8. The molecule has 10 heteroatoms. The summed E-state index contributed by atoms with van der Waals surface area (Å²) in [4.78, 5) is 33.7. The molecule has 0 aliphatic carbocycles. The van der Waals surface area contributed by atoms with E-state index in [1.54, 1.807) is 32.6 Å². The molecule has 1 aromatic carbocycles. The lowest BCUT2D eigenvalue weighted by molar-refractivity contribution is -0.115. The number of pyridine rings is 3. The molecular weight excluding hydrogens is 468 g/mol. The number of hydrogen-bond donors (Lipinski definition) is 3. The summed E-state index contributed by atoms with van der Waals surface area (Å²) in [5.74, 6) is 1.24. The highest BCUT2D eigenvalue weighted by Crippen LogP contribution is 2.32. The largest absolute Gasteiger partial charge is 0.497 e. The van der Waals surface area contributed by atoms with Gasteiger partial charge in [0.25, 0.3) is 0 Å². The van der Waals surface area contributed by atoms with E-state index in [1.165, 1.54) is 0 Å². The van der Waals surface area contributed by atoms with Crippen molar-refractivity contribution in [1.82, 2.24) is 35.1 Å². The van der Waals surface area contributed by atoms with E-state index in [4.69, 9.17) is 14.7 Å². The Morgan fingerprint density at radius 1 is 0.973 bits per heavy atom. The van der Waals surface area contributed by atoms with Crippen molar-refractivity contribution in [3.05, 3.63) is 67.1 Å². The molecule has 0 saturated carbocycles. The van der Waals surface area contributed by atoms with Gasteiger partial charge in [-0.2, -0.15) is 5.10 Å². The highest BCUT2D eigenvalue weighted by Gasteiger charge is 2.18. The van der Waals surface area contributed by atoms with Crippen LogP contribution in [0.1, 0.15) is 13.3 Å². The summed E-state index contributed by atoms with van der Waals surface area (Å²) < 4.78 is 5.38. The van der Waals surface area contributed by atoms with Crippen LogP contribution in [0.15, 0.2) is 67.1 Å². The minimum Gasteiger partial charge on any atom is -0.497 e. The molecule has 0 unspecified atom stereocenters. The van der Waals surface area contributed by atoms with Crippen molar-refractivity contribution in [2.45, 2.75) is 13.3 Å². The number of ether oxygens (including phenoxy) is 1. The lowest BCUT2D eigenvalue weighted by Gasteiger charge is -2.06. The van der Waals surface area contributed by atoms with Gasteiger partial charge in [-0.15, -0.1) is 0 Å². The van der Waals surface area contributed by atoms with Crippen LogP contribution >= 0.6 is 0 Å². The molecule has 0 aliphatic rings. The number of aromatic amines is 2. The number of amides is 1. The van der Waals surface area contributed by atoms with Crippen LogP contribution in [0.3, 0.4) is 0 Å². The third-order valence-electron chi connectivity index (χ3n) is 6.02. The van der Waals surface area contributed by atoms with Crippen LogP contribution in [0, 0.1) is 0 Å². The summed E-state index contributed by atoms with van der Waals surface area (Å²) in [6, 6.07) is 15.2. The van der Waals surface area contributed by atoms with Gasteiger partial charge >= 0.3 is 0 Å². The molecule has 3 N–H and O–H groups in total. The molecule has 6 aromatic rings. The van der Waals surface area contributed by atoms with Crippen molar-refractivity contribution in [2.75, 3.05) is 12.4 Å². The van der Waals surface area contributed by atoms with Crippen LogP contribution in [0.25, 0.3) is 56.1 Å². The standard InChI is InChI=1S/C27H22N8O2/c1-3-22(36)30-17-11-16(13-28-14-17)19-7-8-21-25(31-19)26(35-34-21)27-32-20-9-10-29-23(24(20)33-27)15-5-4-6-18(12-15)37-2/h4-14H,3H2,1-2H3,(H,30,36)(H,32,33)(H,34,35). The number of nitrogens with one attached hydrogen (secondary N) is 3. The third-order valence-corrected chi connectivity index (χ3v) is 6.02. The van der Waals surface area contributed by atoms with Gasteiger partial charge in [0.15, 0.2) is 11.5 Å². The predicted octanol–water partition coefficient (Wildman–Crippen LogP) is 4.98. The van der Waals surface area contributed by atoms with Gasteiger partial charge in [0.05, 0.1) is 41.4 Å². The van der Waals surface area contributed by atoms with E-state index in [9.17, 15) is 4.79 Å². The smallest absolute Gasteiger partial charge is 0.224 e. The Morgan fingerprint density at radius 3 is 2.73 bits per heavy atom. The van der Waals surface area contributed by atoms with Crippen LogP contribution in [0.2, 0.25) is 0 Å². The molecule has 5 heterocycles. The number of anilines is 1. The molecule has 37 heavy (non-hydrogen) atoms. The molecule has 0 atom stereocenters. The van der Waals surface area contributed by atoms with Crippen LogP contribution in [0.4, 0.5) is 5.69 Å². The summed E-state index contributed by atoms with van der Waals surface area (Å²) in [7, 11) is 1.64. The number of aromatic nitrogens is 7. The Kier molecular flexibility index (Phi) is 5.53. The van der Waals surface area contributed by atoms with Crippen molar-refractivity contribution in [3.63, 3.8) is 0 Å². The number of benzene rings is 1. The van der Waals surface area contributed by atoms with Crippen LogP contribution in [-0.4, -0.2) is 48.1 Å². The average Bonchev–Trinajstić information content (AvgIpc) is 3.56. The number of carbonyl (C=O) groups is 1. The number of hydrogen-bond acceptors (Lipinski definition) is 7. The van der Waals surface area contributed by atoms with Gasteiger partial charge in [0.1, 0.15) is 16.8 Å². The molecule has 10 nitrogen and oxygen atoms in total. The van der Waals surface area contributed by atoms with Gasteiger partial charge in [-0.1, -0.05) is 19.1 Å². The number of methoxy groups -OCH3 is 1. The first-order valence-corrected chi connectivity index (χ1v) is 11.7. The Balaban J connectivity index is 1.42. The molecule has 0 fully saturated rings. The molecule has 182 valence electrons. The first kappa shape index (κ1) is 22.4. The zero-order valence-corrected chi connectivity index (χ0v) is 20.1. The molecule has 0 saturated heterocycles. The van der Waals surface area contributed by atoms with Gasteiger partial charge < -0.3 is 15.0 Å². The van der Waals surface area contributed by atoms with Gasteiger partial charge in [-0.05, 0) is 36.4 Å². The van der Waals surface area contributed by atoms with Crippen molar-refractivity contribution in [2.24, 2.45) is 0 Å². The van der Waals surface area contributed by atoms with Crippen LogP contribution in [0.5, 0.6) is 5.75 Å². The lowest BCUT2D eigenvalue weighted by Crippen LogP contribution is -2.09. The minimum absolute atomic E-state index is 0.0767. The minimum atomic E-state index is -0.0767. The fraction of sp³-hybridized carbons (Fsp3) is 0.111. The number of H-pyrrole nitrogens is 2. The van der Waals surface area contributed by atoms with Crippen molar-refractivity contribution in [3.8, 4) is 39.8 Å². The topological polar surface area (TPSA) is 134 Å². The number of imidazole rings is 1. The summed E-state index contributed by atoms with van der Waals surface area (Å²) in [6.07, 6.45) is 5.46. The van der Waals surface area contributed by atoms with Gasteiger partial charge in [-0.25, -0.2) is 9.97 Å². The maximum Gasteiger partial charge on any atom is 0.224 e. The summed E-state index contributed by atoms with van der Waals surface area (Å²) >= 11 is 0. The van der Waals surface area contributed by atoms with E-state index in [-0.39, 0.29) is 5.91 Å². The average molecular weight is 491 g/mol. The second-order valence-electron chi connectivity index (χ2n) is 8.40. The van der Waals surface area contributed by atoms with E-state index in [1.807, 2.05) is 48.5 Å². The molecule has 6 rings (SSSR count). The Bertz CT molecular complexity index is 1770. The van der Waals surface area contributed by atoms with Crippen molar-refractivity contribution < 1.29 is 9.53 Å². The number of nitrogens with zero attached hydrogens (tertiary/aromatic N) is 5. The predicted molar refractivity (Wildman–Crippen MR) is 141 cm³/mol. The SMILES string of the molecule is CCC(=O)Nc1cncc(-c2ccc3[nH]nc(-c4nc5c(-c6cccc(OC)c6)nccc5[nH]4)c3n2)c1. The van der Waals surface area contributed by atoms with E-state index in [0.717, 1.165) is 39.1 Å². The van der Waals surface area contributed by atoms with E-state index >= 15 is 0 Å². The van der Waals surface area contributed by atoms with E-state index in [0.29, 0.717) is 34.8 Å². The van der Waals surface area contributed by atoms with Crippen LogP contribution < -0.4 is 10.1 Å². The van der Waals surface area contributed by atoms with Gasteiger partial charge in [0.2, 0.25) is 5.91 Å². The van der Waals surface area contributed by atoms with Crippen molar-refractivity contribution in [1.29, 1.82) is 0 Å². The third kappa shape index (κ3) is 4.14. The molecule has 0 aliphatic heterocycles. The fourth-order valence-electron chi connectivity index (χ4n) is 4.15. The zero-order valence-electron chi connectivity index (χ0n) is 20.1. The summed E-state index contributed by atoms with van der Waals surface area (Å²) in [5.41, 5.74) is 7.32. The highest BCUT2D eigenvalue weighted by atomic mass is 16.5. The van der Waals surface area contributed by atoms with Gasteiger partial charge in [-0.3, -0.25) is 19.9 Å². The molecule has 5 aromatic heterocycles. The lowest BCUT2D eigenvalue weighted by atomic mass is 10.1. The van der Waals surface area contributed by atoms with Gasteiger partial charge in [0, 0.05) is 29.9 Å². The Hall–Kier alpha value is -5.12. The summed E-state index contributed by atoms with van der Waals surface area (Å²) in [5, 5.41) is 10.4. The Labute approximate surface area is 211 Å². The quantitative estimate of drug-likeness (QED) is 0.300. The molecular formula is C27H22N8O2. The maximum absolute atomic E-state index is 11.8. The highest BCUT2D eigenvalue weighted by molar-refractivity contribution is 5.95. The second-order valence-corrected chi connectivity index (χ2v) is 8.40. The van der Waals surface area contributed by atoms with Crippen molar-refractivity contribution >= 4 is 33.7 Å². The number of fused-ring (bicyclic) bond motifs is 2. The Morgan fingerprint density at radius 2 is 1.86 bits per heavy atom. The first-order chi connectivity index (χ1) is 18.1. The van der Waals surface area contributed by atoms with Crippen LogP contribution in [-0.2, 0) is 4.79 Å². The first-order valence-electron chi connectivity index (χ1n) is 11.7.